The predicted octanol–water partition coefficient (Wildman–Crippen LogP) is 2.64. The van der Waals surface area contributed by atoms with Crippen LogP contribution >= 0.6 is 12.2 Å². The van der Waals surface area contributed by atoms with Crippen molar-refractivity contribution < 1.29 is 4.39 Å². The molecule has 2 heterocycles. The molecule has 0 fully saturated rings. The van der Waals surface area contributed by atoms with E-state index in [0.29, 0.717) is 11.7 Å². The molecule has 0 radical (unpaired) electrons. The number of thiocarbonyl (C=S) groups is 1. The molecule has 3 aromatic rings. The van der Waals surface area contributed by atoms with E-state index in [2.05, 4.69) is 20.8 Å². The Hall–Kier alpha value is -2.74. The molecule has 3 rings (SSSR count). The Kier molecular flexibility index (Phi) is 5.73. The number of aromatic nitrogens is 4. The monoisotopic (exact) mass is 358 g/mol. The number of aryl methyl sites for hydroxylation is 1. The maximum Gasteiger partial charge on any atom is 0.170 e. The molecule has 0 atom stereocenters. The predicted molar refractivity (Wildman–Crippen MR) is 98.8 cm³/mol. The number of anilines is 1. The third-order valence-electron chi connectivity index (χ3n) is 3.56. The van der Waals surface area contributed by atoms with E-state index in [9.17, 15) is 4.39 Å². The fraction of sp³-hybridized carbons (Fsp3) is 0.235. The highest BCUT2D eigenvalue weighted by Crippen LogP contribution is 2.09. The Morgan fingerprint density at radius 2 is 2.00 bits per heavy atom. The largest absolute Gasteiger partial charge is 0.362 e. The number of hydrogen-bond donors (Lipinski definition) is 2. The van der Waals surface area contributed by atoms with Crippen LogP contribution in [0.2, 0.25) is 0 Å². The highest BCUT2D eigenvalue weighted by molar-refractivity contribution is 7.80. The van der Waals surface area contributed by atoms with Crippen LogP contribution < -0.4 is 10.6 Å². The molecule has 8 heteroatoms. The number of hydrogen-bond acceptors (Lipinski definition) is 3. The van der Waals surface area contributed by atoms with Gasteiger partial charge in [0, 0.05) is 31.7 Å². The molecule has 0 aliphatic rings. The lowest BCUT2D eigenvalue weighted by Crippen LogP contribution is -2.29. The van der Waals surface area contributed by atoms with Gasteiger partial charge in [-0.3, -0.25) is 9.36 Å². The second-order valence-corrected chi connectivity index (χ2v) is 5.96. The number of nitrogens with zero attached hydrogens (tertiary/aromatic N) is 4. The van der Waals surface area contributed by atoms with Crippen molar-refractivity contribution in [2.24, 2.45) is 0 Å². The highest BCUT2D eigenvalue weighted by atomic mass is 32.1. The van der Waals surface area contributed by atoms with E-state index in [4.69, 9.17) is 12.2 Å². The van der Waals surface area contributed by atoms with Crippen molar-refractivity contribution in [2.45, 2.75) is 19.5 Å². The summed E-state index contributed by atoms with van der Waals surface area (Å²) in [6.45, 7) is 2.18. The van der Waals surface area contributed by atoms with Gasteiger partial charge in [0.05, 0.1) is 18.4 Å². The maximum atomic E-state index is 12.9. The van der Waals surface area contributed by atoms with E-state index in [1.54, 1.807) is 29.2 Å². The number of nitrogens with one attached hydrogen (secondary N) is 2. The Labute approximate surface area is 150 Å². The Bertz CT molecular complexity index is 797. The number of benzene rings is 1. The smallest absolute Gasteiger partial charge is 0.170 e. The minimum atomic E-state index is -0.240. The summed E-state index contributed by atoms with van der Waals surface area (Å²) in [5.41, 5.74) is 1.79. The van der Waals surface area contributed by atoms with Crippen LogP contribution in [0.15, 0.2) is 55.1 Å². The van der Waals surface area contributed by atoms with Gasteiger partial charge in [0.2, 0.25) is 0 Å². The van der Waals surface area contributed by atoms with Crippen LogP contribution in [0.4, 0.5) is 10.1 Å². The van der Waals surface area contributed by atoms with Crippen LogP contribution in [0.25, 0.3) is 0 Å². The second kappa shape index (κ2) is 8.39. The quantitative estimate of drug-likeness (QED) is 0.502. The number of rotatable bonds is 7. The molecule has 0 amide bonds. The van der Waals surface area contributed by atoms with E-state index < -0.39 is 0 Å². The van der Waals surface area contributed by atoms with Gasteiger partial charge >= 0.3 is 0 Å². The van der Waals surface area contributed by atoms with Crippen LogP contribution in [0.5, 0.6) is 0 Å². The Balaban J connectivity index is 1.41. The minimum absolute atomic E-state index is 0.240. The molecule has 0 saturated carbocycles. The molecule has 2 N–H and O–H groups in total. The molecule has 0 bridgehead atoms. The average molecular weight is 358 g/mol. The zero-order valence-corrected chi connectivity index (χ0v) is 14.4. The van der Waals surface area contributed by atoms with Crippen LogP contribution in [-0.2, 0) is 13.1 Å². The van der Waals surface area contributed by atoms with Crippen molar-refractivity contribution in [3.63, 3.8) is 0 Å². The van der Waals surface area contributed by atoms with Gasteiger partial charge in [-0.15, -0.1) is 0 Å². The van der Waals surface area contributed by atoms with Crippen LogP contribution in [0.1, 0.15) is 12.0 Å². The zero-order chi connectivity index (χ0) is 17.5. The van der Waals surface area contributed by atoms with Gasteiger partial charge < -0.3 is 10.6 Å². The van der Waals surface area contributed by atoms with E-state index >= 15 is 0 Å². The fourth-order valence-corrected chi connectivity index (χ4v) is 2.56. The molecule has 130 valence electrons. The molecule has 0 unspecified atom stereocenters. The van der Waals surface area contributed by atoms with Crippen molar-refractivity contribution >= 4 is 23.0 Å². The van der Waals surface area contributed by atoms with Gasteiger partial charge in [0.1, 0.15) is 5.82 Å². The SMILES string of the molecule is Fc1ccc(Cn2cc(NC(=S)NCCCn3cccn3)cn2)cc1. The lowest BCUT2D eigenvalue weighted by atomic mass is 10.2. The Morgan fingerprint density at radius 3 is 2.76 bits per heavy atom. The molecule has 1 aromatic carbocycles. The third-order valence-corrected chi connectivity index (χ3v) is 3.80. The van der Waals surface area contributed by atoms with Gasteiger partial charge in [0.15, 0.2) is 5.11 Å². The maximum absolute atomic E-state index is 12.9. The van der Waals surface area contributed by atoms with E-state index in [1.807, 2.05) is 23.1 Å². The molecule has 25 heavy (non-hydrogen) atoms. The topological polar surface area (TPSA) is 59.7 Å². The van der Waals surface area contributed by atoms with Gasteiger partial charge in [-0.2, -0.15) is 10.2 Å². The normalized spacial score (nSPS) is 10.6. The first-order valence-corrected chi connectivity index (χ1v) is 8.39. The first-order chi connectivity index (χ1) is 12.2. The summed E-state index contributed by atoms with van der Waals surface area (Å²) in [7, 11) is 0. The van der Waals surface area contributed by atoms with Crippen LogP contribution in [0.3, 0.4) is 0 Å². The van der Waals surface area contributed by atoms with Crippen molar-refractivity contribution in [2.75, 3.05) is 11.9 Å². The summed E-state index contributed by atoms with van der Waals surface area (Å²) in [6.07, 6.45) is 8.20. The summed E-state index contributed by atoms with van der Waals surface area (Å²) in [4.78, 5) is 0. The molecule has 0 aliphatic carbocycles. The first kappa shape index (κ1) is 17.1. The molecule has 6 nitrogen and oxygen atoms in total. The lowest BCUT2D eigenvalue weighted by Gasteiger charge is -2.08. The van der Waals surface area contributed by atoms with E-state index in [1.165, 1.54) is 12.1 Å². The lowest BCUT2D eigenvalue weighted by molar-refractivity contribution is 0.574. The van der Waals surface area contributed by atoms with Crippen molar-refractivity contribution in [3.05, 3.63) is 66.5 Å². The van der Waals surface area contributed by atoms with Crippen molar-refractivity contribution in [1.29, 1.82) is 0 Å². The van der Waals surface area contributed by atoms with Crippen LogP contribution in [-0.4, -0.2) is 31.2 Å². The van der Waals surface area contributed by atoms with E-state index in [0.717, 1.165) is 30.8 Å². The minimum Gasteiger partial charge on any atom is -0.362 e. The van der Waals surface area contributed by atoms with Gasteiger partial charge in [0.25, 0.3) is 0 Å². The standard InChI is InChI=1S/C17H19FN6S/c18-15-5-3-14(4-6-15)12-24-13-16(11-21-24)22-17(25)19-7-1-9-23-10-2-8-20-23/h2-6,8,10-11,13H,1,7,9,12H2,(H2,19,22,25). The fourth-order valence-electron chi connectivity index (χ4n) is 2.34. The van der Waals surface area contributed by atoms with Gasteiger partial charge in [-0.05, 0) is 42.4 Å². The summed E-state index contributed by atoms with van der Waals surface area (Å²) in [6, 6.07) is 8.29. The van der Waals surface area contributed by atoms with Crippen LogP contribution in [0, 0.1) is 5.82 Å². The first-order valence-electron chi connectivity index (χ1n) is 7.98. The molecular weight excluding hydrogens is 339 g/mol. The second-order valence-electron chi connectivity index (χ2n) is 5.56. The zero-order valence-electron chi connectivity index (χ0n) is 13.6. The molecule has 0 spiro atoms. The van der Waals surface area contributed by atoms with E-state index in [-0.39, 0.29) is 5.82 Å². The summed E-state index contributed by atoms with van der Waals surface area (Å²) in [5.74, 6) is -0.240. The molecule has 2 aromatic heterocycles. The molecule has 0 saturated heterocycles. The molecular formula is C17H19FN6S. The molecule has 0 aliphatic heterocycles. The summed E-state index contributed by atoms with van der Waals surface area (Å²) in [5, 5.41) is 15.3. The van der Waals surface area contributed by atoms with Crippen molar-refractivity contribution in [1.82, 2.24) is 24.9 Å². The average Bonchev–Trinajstić information content (AvgIpc) is 3.26. The highest BCUT2D eigenvalue weighted by Gasteiger charge is 2.02. The van der Waals surface area contributed by atoms with Crippen molar-refractivity contribution in [3.8, 4) is 0 Å². The van der Waals surface area contributed by atoms with Gasteiger partial charge in [-0.25, -0.2) is 4.39 Å². The summed E-state index contributed by atoms with van der Waals surface area (Å²) < 4.78 is 16.6. The third kappa shape index (κ3) is 5.39. The Morgan fingerprint density at radius 1 is 1.16 bits per heavy atom. The summed E-state index contributed by atoms with van der Waals surface area (Å²) >= 11 is 5.28. The number of halogens is 1. The van der Waals surface area contributed by atoms with Gasteiger partial charge in [-0.1, -0.05) is 12.1 Å².